The molecule has 0 aromatic rings. The number of hydrogen-bond acceptors (Lipinski definition) is 5. The molecule has 1 amide bonds. The van der Waals surface area contributed by atoms with Crippen molar-refractivity contribution in [2.45, 2.75) is 13.0 Å². The van der Waals surface area contributed by atoms with E-state index >= 15 is 0 Å². The molecule has 0 bridgehead atoms. The van der Waals surface area contributed by atoms with E-state index in [9.17, 15) is 9.90 Å². The Morgan fingerprint density at radius 3 is 2.68 bits per heavy atom. The van der Waals surface area contributed by atoms with E-state index in [4.69, 9.17) is 9.47 Å². The third-order valence-corrected chi connectivity index (χ3v) is 2.91. The molecular formula is C13H24N2O4. The molecular weight excluding hydrogens is 248 g/mol. The van der Waals surface area contributed by atoms with Crippen molar-refractivity contribution in [1.29, 1.82) is 0 Å². The number of β-amino-alcohol motifs (C(OH)–C–C–N with tert-alkyl or cyclic N) is 1. The standard InChI is InChI=1S/C13H24N2O4/c1-3-9-18-11-12(16)10-14-5-7-15(8-6-14)13(17)19-4-2/h3,12,16H,1,4-11H2,2H3/t12-/m0/s1. The Kier molecular flexibility index (Phi) is 7.47. The van der Waals surface area contributed by atoms with Gasteiger partial charge in [0.05, 0.1) is 25.9 Å². The van der Waals surface area contributed by atoms with Crippen molar-refractivity contribution in [2.75, 3.05) is 52.5 Å². The lowest BCUT2D eigenvalue weighted by Crippen LogP contribution is -2.50. The topological polar surface area (TPSA) is 62.2 Å². The summed E-state index contributed by atoms with van der Waals surface area (Å²) < 4.78 is 10.2. The number of ether oxygens (including phenoxy) is 2. The molecule has 6 heteroatoms. The second-order valence-electron chi connectivity index (χ2n) is 4.47. The van der Waals surface area contributed by atoms with Crippen molar-refractivity contribution < 1.29 is 19.4 Å². The third-order valence-electron chi connectivity index (χ3n) is 2.91. The molecule has 1 aliphatic heterocycles. The number of hydrogen-bond donors (Lipinski definition) is 1. The monoisotopic (exact) mass is 272 g/mol. The normalized spacial score (nSPS) is 18.1. The molecule has 0 aliphatic carbocycles. The van der Waals surface area contributed by atoms with Gasteiger partial charge < -0.3 is 19.5 Å². The predicted molar refractivity (Wildman–Crippen MR) is 72.1 cm³/mol. The summed E-state index contributed by atoms with van der Waals surface area (Å²) in [6, 6.07) is 0. The fourth-order valence-electron chi connectivity index (χ4n) is 1.97. The van der Waals surface area contributed by atoms with Gasteiger partial charge in [0.15, 0.2) is 0 Å². The summed E-state index contributed by atoms with van der Waals surface area (Å²) in [5.41, 5.74) is 0. The number of aliphatic hydroxyl groups excluding tert-OH is 1. The van der Waals surface area contributed by atoms with E-state index in [1.165, 1.54) is 0 Å². The Morgan fingerprint density at radius 1 is 1.42 bits per heavy atom. The molecule has 0 aromatic heterocycles. The van der Waals surface area contributed by atoms with Crippen molar-refractivity contribution in [3.8, 4) is 0 Å². The first-order valence-electron chi connectivity index (χ1n) is 6.68. The molecule has 19 heavy (non-hydrogen) atoms. The summed E-state index contributed by atoms with van der Waals surface area (Å²) in [5, 5.41) is 9.78. The molecule has 1 aliphatic rings. The van der Waals surface area contributed by atoms with Gasteiger partial charge in [0.25, 0.3) is 0 Å². The lowest BCUT2D eigenvalue weighted by atomic mass is 10.3. The van der Waals surface area contributed by atoms with E-state index < -0.39 is 6.10 Å². The average molecular weight is 272 g/mol. The van der Waals surface area contributed by atoms with Gasteiger partial charge in [-0.05, 0) is 6.92 Å². The highest BCUT2D eigenvalue weighted by atomic mass is 16.6. The van der Waals surface area contributed by atoms with Gasteiger partial charge in [0.2, 0.25) is 0 Å². The number of carbonyl (C=O) groups excluding carboxylic acids is 1. The Balaban J connectivity index is 2.18. The van der Waals surface area contributed by atoms with Gasteiger partial charge in [-0.25, -0.2) is 4.79 Å². The van der Waals surface area contributed by atoms with E-state index in [0.717, 1.165) is 13.1 Å². The molecule has 1 N–H and O–H groups in total. The van der Waals surface area contributed by atoms with Crippen molar-refractivity contribution >= 4 is 6.09 Å². The molecule has 1 fully saturated rings. The third kappa shape index (κ3) is 6.04. The van der Waals surface area contributed by atoms with Crippen LogP contribution in [0.25, 0.3) is 0 Å². The van der Waals surface area contributed by atoms with E-state index in [1.54, 1.807) is 17.9 Å². The van der Waals surface area contributed by atoms with Gasteiger partial charge in [-0.15, -0.1) is 6.58 Å². The quantitative estimate of drug-likeness (QED) is 0.534. The Hall–Kier alpha value is -1.11. The molecule has 6 nitrogen and oxygen atoms in total. The largest absolute Gasteiger partial charge is 0.450 e. The minimum absolute atomic E-state index is 0.253. The first-order valence-corrected chi connectivity index (χ1v) is 6.68. The van der Waals surface area contributed by atoms with Crippen LogP contribution in [0.2, 0.25) is 0 Å². The molecule has 1 rings (SSSR count). The van der Waals surface area contributed by atoms with Gasteiger partial charge in [-0.1, -0.05) is 6.08 Å². The fraction of sp³-hybridized carbons (Fsp3) is 0.769. The van der Waals surface area contributed by atoms with Gasteiger partial charge in [-0.2, -0.15) is 0 Å². The summed E-state index contributed by atoms with van der Waals surface area (Å²) in [5.74, 6) is 0. The molecule has 110 valence electrons. The first-order chi connectivity index (χ1) is 9.17. The van der Waals surface area contributed by atoms with Crippen LogP contribution in [0.5, 0.6) is 0 Å². The summed E-state index contributed by atoms with van der Waals surface area (Å²) in [6.07, 6.45) is 0.899. The molecule has 1 atom stereocenters. The van der Waals surface area contributed by atoms with Crippen LogP contribution in [0.4, 0.5) is 4.79 Å². The summed E-state index contributed by atoms with van der Waals surface area (Å²) in [7, 11) is 0. The van der Waals surface area contributed by atoms with E-state index in [1.807, 2.05) is 0 Å². The van der Waals surface area contributed by atoms with Gasteiger partial charge in [0.1, 0.15) is 0 Å². The van der Waals surface area contributed by atoms with Crippen LogP contribution in [0.3, 0.4) is 0 Å². The maximum Gasteiger partial charge on any atom is 0.409 e. The maximum absolute atomic E-state index is 11.5. The zero-order valence-corrected chi connectivity index (χ0v) is 11.6. The number of amides is 1. The van der Waals surface area contributed by atoms with Crippen LogP contribution >= 0.6 is 0 Å². The smallest absolute Gasteiger partial charge is 0.409 e. The van der Waals surface area contributed by atoms with Crippen LogP contribution in [0.15, 0.2) is 12.7 Å². The molecule has 1 heterocycles. The maximum atomic E-state index is 11.5. The zero-order chi connectivity index (χ0) is 14.1. The van der Waals surface area contributed by atoms with Crippen molar-refractivity contribution in [2.24, 2.45) is 0 Å². The highest BCUT2D eigenvalue weighted by Crippen LogP contribution is 2.05. The van der Waals surface area contributed by atoms with Crippen LogP contribution in [0, 0.1) is 0 Å². The van der Waals surface area contributed by atoms with Crippen molar-refractivity contribution in [3.05, 3.63) is 12.7 Å². The van der Waals surface area contributed by atoms with Gasteiger partial charge in [-0.3, -0.25) is 4.90 Å². The first kappa shape index (κ1) is 15.9. The number of carbonyl (C=O) groups is 1. The minimum atomic E-state index is -0.505. The number of aliphatic hydroxyl groups is 1. The van der Waals surface area contributed by atoms with E-state index in [-0.39, 0.29) is 6.09 Å². The SMILES string of the molecule is C=CCOC[C@@H](O)CN1CCN(C(=O)OCC)CC1. The van der Waals surface area contributed by atoms with Gasteiger partial charge >= 0.3 is 6.09 Å². The number of piperazine rings is 1. The predicted octanol–water partition coefficient (Wildman–Crippen LogP) is 0.324. The van der Waals surface area contributed by atoms with Crippen LogP contribution < -0.4 is 0 Å². The summed E-state index contributed by atoms with van der Waals surface area (Å²) in [6.45, 7) is 9.84. The fourth-order valence-corrected chi connectivity index (χ4v) is 1.97. The molecule has 0 aromatic carbocycles. The second-order valence-corrected chi connectivity index (χ2v) is 4.47. The summed E-state index contributed by atoms with van der Waals surface area (Å²) in [4.78, 5) is 15.3. The van der Waals surface area contributed by atoms with Gasteiger partial charge in [0, 0.05) is 32.7 Å². The Labute approximate surface area is 114 Å². The molecule has 0 unspecified atom stereocenters. The number of rotatable bonds is 7. The minimum Gasteiger partial charge on any atom is -0.450 e. The van der Waals surface area contributed by atoms with Crippen molar-refractivity contribution in [3.63, 3.8) is 0 Å². The van der Waals surface area contributed by atoms with Crippen LogP contribution in [-0.4, -0.2) is 79.6 Å². The zero-order valence-electron chi connectivity index (χ0n) is 11.6. The lowest BCUT2D eigenvalue weighted by Gasteiger charge is -2.34. The highest BCUT2D eigenvalue weighted by molar-refractivity contribution is 5.67. The molecule has 0 spiro atoms. The van der Waals surface area contributed by atoms with Crippen LogP contribution in [-0.2, 0) is 9.47 Å². The number of nitrogens with zero attached hydrogens (tertiary/aromatic N) is 2. The molecule has 0 saturated carbocycles. The van der Waals surface area contributed by atoms with Crippen molar-refractivity contribution in [1.82, 2.24) is 9.80 Å². The Morgan fingerprint density at radius 2 is 2.11 bits per heavy atom. The molecule has 0 radical (unpaired) electrons. The summed E-state index contributed by atoms with van der Waals surface area (Å²) >= 11 is 0. The lowest BCUT2D eigenvalue weighted by molar-refractivity contribution is 0.0140. The van der Waals surface area contributed by atoms with E-state index in [2.05, 4.69) is 11.5 Å². The molecule has 1 saturated heterocycles. The highest BCUT2D eigenvalue weighted by Gasteiger charge is 2.23. The Bertz CT molecular complexity index is 278. The second kappa shape index (κ2) is 8.90. The van der Waals surface area contributed by atoms with E-state index in [0.29, 0.717) is 39.5 Å². The van der Waals surface area contributed by atoms with Crippen LogP contribution in [0.1, 0.15) is 6.92 Å². The average Bonchev–Trinajstić information content (AvgIpc) is 2.40.